The summed E-state index contributed by atoms with van der Waals surface area (Å²) in [6, 6.07) is 12.3. The minimum atomic E-state index is -0.657. The van der Waals surface area contributed by atoms with Crippen molar-refractivity contribution in [3.8, 4) is 5.75 Å². The van der Waals surface area contributed by atoms with Crippen LogP contribution in [-0.2, 0) is 9.59 Å². The molecule has 0 saturated carbocycles. The lowest BCUT2D eigenvalue weighted by Crippen LogP contribution is -2.47. The number of carbonyl (C=O) groups is 2. The Morgan fingerprint density at radius 1 is 1.33 bits per heavy atom. The lowest BCUT2D eigenvalue weighted by atomic mass is 10.2. The number of ether oxygens (including phenoxy) is 1. The van der Waals surface area contributed by atoms with Crippen molar-refractivity contribution in [2.45, 2.75) is 13.0 Å². The van der Waals surface area contributed by atoms with E-state index < -0.39 is 6.10 Å². The van der Waals surface area contributed by atoms with E-state index in [2.05, 4.69) is 21.2 Å². The van der Waals surface area contributed by atoms with E-state index in [1.54, 1.807) is 31.2 Å². The fourth-order valence-corrected chi connectivity index (χ4v) is 2.99. The molecule has 2 aromatic rings. The average molecular weight is 410 g/mol. The summed E-state index contributed by atoms with van der Waals surface area (Å²) in [5, 5.41) is 3.25. The van der Waals surface area contributed by atoms with Crippen LogP contribution in [0.5, 0.6) is 5.75 Å². The van der Waals surface area contributed by atoms with Crippen LogP contribution in [0, 0.1) is 0 Å². The summed E-state index contributed by atoms with van der Waals surface area (Å²) in [4.78, 5) is 26.2. The van der Waals surface area contributed by atoms with Crippen LogP contribution >= 0.6 is 27.5 Å². The summed E-state index contributed by atoms with van der Waals surface area (Å²) in [5.41, 5.74) is 1.13. The highest BCUT2D eigenvalue weighted by Gasteiger charge is 2.32. The third kappa shape index (κ3) is 3.39. The first-order valence-corrected chi connectivity index (χ1v) is 8.45. The van der Waals surface area contributed by atoms with Gasteiger partial charge in [0.05, 0.1) is 11.4 Å². The number of nitrogens with one attached hydrogen (secondary N) is 1. The fourth-order valence-electron chi connectivity index (χ4n) is 2.44. The Balaban J connectivity index is 1.83. The molecule has 0 saturated heterocycles. The van der Waals surface area contributed by atoms with Crippen molar-refractivity contribution in [2.75, 3.05) is 16.8 Å². The Kier molecular flexibility index (Phi) is 4.78. The van der Waals surface area contributed by atoms with Gasteiger partial charge in [-0.15, -0.1) is 0 Å². The van der Waals surface area contributed by atoms with Crippen LogP contribution in [0.1, 0.15) is 6.92 Å². The molecule has 3 rings (SSSR count). The first-order valence-electron chi connectivity index (χ1n) is 7.27. The molecule has 1 aliphatic rings. The first-order chi connectivity index (χ1) is 11.5. The molecule has 1 heterocycles. The normalized spacial score (nSPS) is 16.4. The van der Waals surface area contributed by atoms with E-state index in [4.69, 9.17) is 16.3 Å². The summed E-state index contributed by atoms with van der Waals surface area (Å²) >= 11 is 9.39. The molecule has 5 nitrogen and oxygen atoms in total. The lowest BCUT2D eigenvalue weighted by molar-refractivity contribution is -0.127. The number of nitrogens with zero attached hydrogens (tertiary/aromatic N) is 1. The molecule has 0 radical (unpaired) electrons. The van der Waals surface area contributed by atoms with Crippen LogP contribution in [0.4, 0.5) is 11.4 Å². The Hall–Kier alpha value is -2.05. The molecule has 1 N–H and O–H groups in total. The smallest absolute Gasteiger partial charge is 0.268 e. The maximum Gasteiger partial charge on any atom is 0.268 e. The van der Waals surface area contributed by atoms with Gasteiger partial charge in [0.2, 0.25) is 5.91 Å². The molecule has 7 heteroatoms. The van der Waals surface area contributed by atoms with Gasteiger partial charge in [-0.25, -0.2) is 0 Å². The molecule has 0 aromatic heterocycles. The highest BCUT2D eigenvalue weighted by atomic mass is 79.9. The summed E-state index contributed by atoms with van der Waals surface area (Å²) < 4.78 is 6.33. The number of hydrogen-bond acceptors (Lipinski definition) is 3. The van der Waals surface area contributed by atoms with Crippen LogP contribution in [-0.4, -0.2) is 24.5 Å². The van der Waals surface area contributed by atoms with E-state index in [1.807, 2.05) is 18.2 Å². The molecule has 124 valence electrons. The topological polar surface area (TPSA) is 58.6 Å². The predicted molar refractivity (Wildman–Crippen MR) is 96.7 cm³/mol. The Morgan fingerprint density at radius 3 is 2.83 bits per heavy atom. The lowest BCUT2D eigenvalue weighted by Gasteiger charge is -2.32. The van der Waals surface area contributed by atoms with Crippen LogP contribution in [0.3, 0.4) is 0 Å². The van der Waals surface area contributed by atoms with Crippen molar-refractivity contribution < 1.29 is 14.3 Å². The number of hydrogen-bond donors (Lipinski definition) is 1. The zero-order valence-electron chi connectivity index (χ0n) is 12.8. The molecule has 1 unspecified atom stereocenters. The number of amides is 2. The Labute approximate surface area is 152 Å². The van der Waals surface area contributed by atoms with Crippen molar-refractivity contribution in [3.05, 3.63) is 52.0 Å². The minimum absolute atomic E-state index is 0.124. The number of rotatable bonds is 3. The zero-order chi connectivity index (χ0) is 17.3. The second kappa shape index (κ2) is 6.83. The van der Waals surface area contributed by atoms with Crippen molar-refractivity contribution in [1.82, 2.24) is 0 Å². The number of fused-ring (bicyclic) bond motifs is 1. The Morgan fingerprint density at radius 2 is 2.08 bits per heavy atom. The molecule has 0 aliphatic carbocycles. The molecule has 2 amide bonds. The molecular weight excluding hydrogens is 396 g/mol. The first kappa shape index (κ1) is 16.8. The maximum absolute atomic E-state index is 12.4. The van der Waals surface area contributed by atoms with Gasteiger partial charge in [0.15, 0.2) is 6.10 Å². The van der Waals surface area contributed by atoms with Crippen molar-refractivity contribution in [1.29, 1.82) is 0 Å². The molecule has 24 heavy (non-hydrogen) atoms. The van der Waals surface area contributed by atoms with Gasteiger partial charge in [0, 0.05) is 9.50 Å². The van der Waals surface area contributed by atoms with Gasteiger partial charge in [-0.1, -0.05) is 23.7 Å². The van der Waals surface area contributed by atoms with E-state index in [0.717, 1.165) is 4.47 Å². The largest absolute Gasteiger partial charge is 0.479 e. The summed E-state index contributed by atoms with van der Waals surface area (Å²) in [6.45, 7) is 1.53. The maximum atomic E-state index is 12.4. The zero-order valence-corrected chi connectivity index (χ0v) is 15.1. The molecule has 1 atom stereocenters. The fraction of sp³-hybridized carbons (Fsp3) is 0.176. The van der Waals surface area contributed by atoms with Gasteiger partial charge in [-0.05, 0) is 53.2 Å². The van der Waals surface area contributed by atoms with E-state index in [1.165, 1.54) is 4.90 Å². The van der Waals surface area contributed by atoms with Gasteiger partial charge < -0.3 is 10.1 Å². The molecule has 2 aromatic carbocycles. The van der Waals surface area contributed by atoms with Gasteiger partial charge in [0.1, 0.15) is 12.3 Å². The van der Waals surface area contributed by atoms with Crippen LogP contribution in [0.2, 0.25) is 5.02 Å². The van der Waals surface area contributed by atoms with Gasteiger partial charge in [-0.2, -0.15) is 0 Å². The van der Waals surface area contributed by atoms with Gasteiger partial charge >= 0.3 is 0 Å². The minimum Gasteiger partial charge on any atom is -0.479 e. The van der Waals surface area contributed by atoms with Crippen molar-refractivity contribution in [2.24, 2.45) is 0 Å². The summed E-state index contributed by atoms with van der Waals surface area (Å²) in [5.74, 6) is -0.0671. The Bertz CT molecular complexity index is 812. The molecular formula is C17H14BrClN2O3. The van der Waals surface area contributed by atoms with Crippen molar-refractivity contribution in [3.63, 3.8) is 0 Å². The number of para-hydroxylation sites is 1. The SMILES string of the molecule is CC1Oc2ccc(Cl)cc2N(CC(=O)Nc2ccccc2Br)C1=O. The standard InChI is InChI=1S/C17H14BrClN2O3/c1-10-17(23)21(14-8-11(19)6-7-15(14)24-10)9-16(22)20-13-5-3-2-4-12(13)18/h2-8,10H,9H2,1H3,(H,20,22). The van der Waals surface area contributed by atoms with E-state index >= 15 is 0 Å². The van der Waals surface area contributed by atoms with E-state index in [9.17, 15) is 9.59 Å². The molecule has 1 aliphatic heterocycles. The summed E-state index contributed by atoms with van der Waals surface area (Å²) in [7, 11) is 0. The van der Waals surface area contributed by atoms with Gasteiger partial charge in [0.25, 0.3) is 5.91 Å². The quantitative estimate of drug-likeness (QED) is 0.837. The van der Waals surface area contributed by atoms with Crippen LogP contribution in [0.15, 0.2) is 46.9 Å². The number of halogens is 2. The molecule has 0 spiro atoms. The van der Waals surface area contributed by atoms with E-state index in [0.29, 0.717) is 22.1 Å². The molecule has 0 fully saturated rings. The third-order valence-corrected chi connectivity index (χ3v) is 4.51. The highest BCUT2D eigenvalue weighted by Crippen LogP contribution is 2.36. The van der Waals surface area contributed by atoms with Crippen LogP contribution < -0.4 is 15.0 Å². The second-order valence-corrected chi connectivity index (χ2v) is 6.62. The monoisotopic (exact) mass is 408 g/mol. The predicted octanol–water partition coefficient (Wildman–Crippen LogP) is 3.86. The van der Waals surface area contributed by atoms with Crippen LogP contribution in [0.25, 0.3) is 0 Å². The second-order valence-electron chi connectivity index (χ2n) is 5.32. The number of carbonyl (C=O) groups excluding carboxylic acids is 2. The summed E-state index contributed by atoms with van der Waals surface area (Å²) in [6.07, 6.45) is -0.657. The number of anilines is 2. The number of benzene rings is 2. The third-order valence-electron chi connectivity index (χ3n) is 3.58. The average Bonchev–Trinajstić information content (AvgIpc) is 2.55. The van der Waals surface area contributed by atoms with E-state index in [-0.39, 0.29) is 18.4 Å². The highest BCUT2D eigenvalue weighted by molar-refractivity contribution is 9.10. The van der Waals surface area contributed by atoms with Gasteiger partial charge in [-0.3, -0.25) is 14.5 Å². The van der Waals surface area contributed by atoms with Crippen molar-refractivity contribution >= 4 is 50.7 Å². The molecule has 0 bridgehead atoms.